The molecule has 6 nitrogen and oxygen atoms in total. The van der Waals surface area contributed by atoms with E-state index in [9.17, 15) is 22.8 Å². The number of nitrogens with one attached hydrogen (secondary N) is 2. The molecule has 0 radical (unpaired) electrons. The summed E-state index contributed by atoms with van der Waals surface area (Å²) >= 11 is 1.34. The quantitative estimate of drug-likeness (QED) is 0.657. The number of carbonyl (C=O) groups is 2. The number of hydrogen-bond donors (Lipinski definition) is 2. The fourth-order valence-electron chi connectivity index (χ4n) is 2.40. The van der Waals surface area contributed by atoms with Gasteiger partial charge in [-0.15, -0.1) is 11.3 Å². The molecule has 3 aromatic rings. The molecule has 28 heavy (non-hydrogen) atoms. The van der Waals surface area contributed by atoms with Crippen LogP contribution in [0.3, 0.4) is 0 Å². The Balaban J connectivity index is 1.58. The van der Waals surface area contributed by atoms with Crippen LogP contribution in [0.15, 0.2) is 42.7 Å². The Hall–Kier alpha value is -3.01. The van der Waals surface area contributed by atoms with Crippen LogP contribution in [0, 0.1) is 0 Å². The second-order valence-electron chi connectivity index (χ2n) is 5.88. The van der Waals surface area contributed by atoms with E-state index in [4.69, 9.17) is 0 Å². The van der Waals surface area contributed by atoms with Crippen molar-refractivity contribution in [2.24, 2.45) is 0 Å². The molecule has 3 rings (SSSR count). The van der Waals surface area contributed by atoms with E-state index in [0.717, 1.165) is 21.3 Å². The van der Waals surface area contributed by atoms with Crippen molar-refractivity contribution >= 4 is 33.4 Å². The van der Waals surface area contributed by atoms with Gasteiger partial charge in [0.2, 0.25) is 11.8 Å². The molecule has 2 aromatic heterocycles. The number of aromatic nitrogens is 2. The van der Waals surface area contributed by atoms with Crippen molar-refractivity contribution in [3.8, 4) is 11.1 Å². The summed E-state index contributed by atoms with van der Waals surface area (Å²) in [6, 6.07) is 9.49. The maximum Gasteiger partial charge on any atom is 0.405 e. The van der Waals surface area contributed by atoms with Gasteiger partial charge in [-0.1, -0.05) is 12.1 Å². The summed E-state index contributed by atoms with van der Waals surface area (Å²) in [7, 11) is 0. The molecule has 1 aromatic carbocycles. The molecule has 0 saturated heterocycles. The molecule has 0 spiro atoms. The Kier molecular flexibility index (Phi) is 5.88. The van der Waals surface area contributed by atoms with Crippen LogP contribution < -0.4 is 10.6 Å². The van der Waals surface area contributed by atoms with E-state index in [1.165, 1.54) is 11.3 Å². The lowest BCUT2D eigenvalue weighted by molar-refractivity contribution is -0.138. The number of halogens is 3. The van der Waals surface area contributed by atoms with Crippen molar-refractivity contribution in [3.05, 3.63) is 47.7 Å². The maximum atomic E-state index is 12.0. The number of rotatable bonds is 6. The first-order valence-corrected chi connectivity index (χ1v) is 9.02. The van der Waals surface area contributed by atoms with Gasteiger partial charge >= 0.3 is 6.18 Å². The molecule has 0 atom stereocenters. The third-order valence-corrected chi connectivity index (χ3v) is 4.69. The summed E-state index contributed by atoms with van der Waals surface area (Å²) in [5.41, 5.74) is 2.67. The highest BCUT2D eigenvalue weighted by atomic mass is 32.1. The number of fused-ring (bicyclic) bond motifs is 1. The SMILES string of the molecule is O=C(CNC(=O)Cc1nc2ccc(-c3cccnc3)cc2s1)NCC(F)(F)F. The first kappa shape index (κ1) is 19.7. The van der Waals surface area contributed by atoms with E-state index >= 15 is 0 Å². The number of hydrogen-bond acceptors (Lipinski definition) is 5. The summed E-state index contributed by atoms with van der Waals surface area (Å²) in [5.74, 6) is -1.40. The number of carbonyl (C=O) groups excluding carboxylic acids is 2. The lowest BCUT2D eigenvalue weighted by Crippen LogP contribution is -2.41. The minimum Gasteiger partial charge on any atom is -0.347 e. The summed E-state index contributed by atoms with van der Waals surface area (Å²) in [6.45, 7) is -1.95. The molecule has 0 aliphatic rings. The average molecular weight is 408 g/mol. The minimum absolute atomic E-state index is 0.0614. The molecule has 0 bridgehead atoms. The Labute approximate surface area is 161 Å². The first-order chi connectivity index (χ1) is 13.3. The molecule has 0 saturated carbocycles. The zero-order valence-corrected chi connectivity index (χ0v) is 15.2. The fourth-order valence-corrected chi connectivity index (χ4v) is 3.41. The van der Waals surface area contributed by atoms with Gasteiger partial charge in [0.25, 0.3) is 0 Å². The summed E-state index contributed by atoms with van der Waals surface area (Å²) < 4.78 is 37.0. The number of benzene rings is 1. The fraction of sp³-hybridized carbons (Fsp3) is 0.222. The molecule has 2 amide bonds. The predicted molar refractivity (Wildman–Crippen MR) is 98.6 cm³/mol. The highest BCUT2D eigenvalue weighted by molar-refractivity contribution is 7.18. The molecule has 0 unspecified atom stereocenters. The van der Waals surface area contributed by atoms with Gasteiger partial charge in [0, 0.05) is 18.0 Å². The van der Waals surface area contributed by atoms with Gasteiger partial charge in [0.1, 0.15) is 11.6 Å². The van der Waals surface area contributed by atoms with Crippen molar-refractivity contribution < 1.29 is 22.8 Å². The molecule has 0 aliphatic carbocycles. The van der Waals surface area contributed by atoms with E-state index < -0.39 is 31.1 Å². The zero-order chi connectivity index (χ0) is 20.1. The lowest BCUT2D eigenvalue weighted by atomic mass is 10.1. The monoisotopic (exact) mass is 408 g/mol. The molecule has 2 N–H and O–H groups in total. The van der Waals surface area contributed by atoms with Gasteiger partial charge in [0.15, 0.2) is 0 Å². The van der Waals surface area contributed by atoms with Gasteiger partial charge in [-0.25, -0.2) is 4.98 Å². The van der Waals surface area contributed by atoms with Crippen LogP contribution in [0.2, 0.25) is 0 Å². The first-order valence-electron chi connectivity index (χ1n) is 8.20. The van der Waals surface area contributed by atoms with E-state index in [1.807, 2.05) is 30.3 Å². The maximum absolute atomic E-state index is 12.0. The van der Waals surface area contributed by atoms with Gasteiger partial charge in [-0.3, -0.25) is 14.6 Å². The number of alkyl halides is 3. The number of nitrogens with zero attached hydrogens (tertiary/aromatic N) is 2. The highest BCUT2D eigenvalue weighted by Crippen LogP contribution is 2.28. The van der Waals surface area contributed by atoms with Gasteiger partial charge < -0.3 is 10.6 Å². The molecule has 0 fully saturated rings. The van der Waals surface area contributed by atoms with Crippen LogP contribution in [0.1, 0.15) is 5.01 Å². The van der Waals surface area contributed by atoms with E-state index in [1.54, 1.807) is 17.7 Å². The van der Waals surface area contributed by atoms with E-state index in [2.05, 4.69) is 15.3 Å². The Morgan fingerprint density at radius 2 is 1.89 bits per heavy atom. The number of pyridine rings is 1. The van der Waals surface area contributed by atoms with Crippen molar-refractivity contribution in [3.63, 3.8) is 0 Å². The standard InChI is InChI=1S/C18H15F3N4O2S/c19-18(20,21)10-24-16(27)9-23-15(26)7-17-25-13-4-3-11(6-14(13)28-17)12-2-1-5-22-8-12/h1-6,8H,7,9-10H2,(H,23,26)(H,24,27). The van der Waals surface area contributed by atoms with Crippen molar-refractivity contribution in [2.75, 3.05) is 13.1 Å². The Morgan fingerprint density at radius 1 is 1.07 bits per heavy atom. The predicted octanol–water partition coefficient (Wildman–Crippen LogP) is 2.70. The molecule has 0 aliphatic heterocycles. The summed E-state index contributed by atoms with van der Waals surface area (Å²) in [4.78, 5) is 31.7. The normalized spacial score (nSPS) is 11.4. The molecular weight excluding hydrogens is 393 g/mol. The third-order valence-electron chi connectivity index (χ3n) is 3.67. The van der Waals surface area contributed by atoms with Crippen LogP contribution >= 0.6 is 11.3 Å². The van der Waals surface area contributed by atoms with Crippen LogP contribution in [0.4, 0.5) is 13.2 Å². The van der Waals surface area contributed by atoms with Crippen LogP contribution in [0.25, 0.3) is 21.3 Å². The highest BCUT2D eigenvalue weighted by Gasteiger charge is 2.27. The molecule has 2 heterocycles. The second kappa shape index (κ2) is 8.34. The van der Waals surface area contributed by atoms with Crippen molar-refractivity contribution in [1.29, 1.82) is 0 Å². The number of amides is 2. The third kappa shape index (κ3) is 5.49. The molecule has 10 heteroatoms. The number of thiazole rings is 1. The lowest BCUT2D eigenvalue weighted by Gasteiger charge is -2.08. The minimum atomic E-state index is -4.49. The van der Waals surface area contributed by atoms with Crippen LogP contribution in [-0.4, -0.2) is 41.0 Å². The smallest absolute Gasteiger partial charge is 0.347 e. The molecular formula is C18H15F3N4O2S. The summed E-state index contributed by atoms with van der Waals surface area (Å²) in [6.07, 6.45) is -1.11. The van der Waals surface area contributed by atoms with Crippen LogP contribution in [-0.2, 0) is 16.0 Å². The average Bonchev–Trinajstić information content (AvgIpc) is 3.06. The zero-order valence-electron chi connectivity index (χ0n) is 14.4. The topological polar surface area (TPSA) is 84.0 Å². The van der Waals surface area contributed by atoms with Crippen LogP contribution in [0.5, 0.6) is 0 Å². The Bertz CT molecular complexity index is 989. The van der Waals surface area contributed by atoms with Crippen molar-refractivity contribution in [1.82, 2.24) is 20.6 Å². The van der Waals surface area contributed by atoms with Gasteiger partial charge in [-0.2, -0.15) is 13.2 Å². The summed E-state index contributed by atoms with van der Waals surface area (Å²) in [5, 5.41) is 4.52. The van der Waals surface area contributed by atoms with Crippen molar-refractivity contribution in [2.45, 2.75) is 12.6 Å². The second-order valence-corrected chi connectivity index (χ2v) is 6.99. The van der Waals surface area contributed by atoms with E-state index in [-0.39, 0.29) is 6.42 Å². The van der Waals surface area contributed by atoms with Gasteiger partial charge in [0.05, 0.1) is 23.2 Å². The van der Waals surface area contributed by atoms with E-state index in [0.29, 0.717) is 5.01 Å². The molecule has 146 valence electrons. The largest absolute Gasteiger partial charge is 0.405 e. The van der Waals surface area contributed by atoms with Gasteiger partial charge in [-0.05, 0) is 23.8 Å². The Morgan fingerprint density at radius 3 is 2.61 bits per heavy atom.